The third kappa shape index (κ3) is 6.68. The molecule has 0 N–H and O–H groups in total. The highest BCUT2D eigenvalue weighted by Crippen LogP contribution is 2.33. The lowest BCUT2D eigenvalue weighted by Crippen LogP contribution is -2.34. The summed E-state index contributed by atoms with van der Waals surface area (Å²) in [7, 11) is 0. The number of thiazole rings is 1. The summed E-state index contributed by atoms with van der Waals surface area (Å²) in [5, 5.41) is 14.8. The highest BCUT2D eigenvalue weighted by molar-refractivity contribution is 7.09. The molecule has 1 aliphatic heterocycles. The van der Waals surface area contributed by atoms with Crippen molar-refractivity contribution in [2.75, 3.05) is 18.0 Å². The number of hydrogen-bond acceptors (Lipinski definition) is 9. The number of rotatable bonds is 12. The number of hydrogen-bond donors (Lipinski definition) is 0. The normalized spacial score (nSPS) is 15.1. The van der Waals surface area contributed by atoms with Gasteiger partial charge in [0.2, 0.25) is 12.2 Å². The minimum absolute atomic E-state index is 0.406. The van der Waals surface area contributed by atoms with Crippen molar-refractivity contribution in [2.24, 2.45) is 0 Å². The minimum Gasteiger partial charge on any atom is -0.463 e. The summed E-state index contributed by atoms with van der Waals surface area (Å²) >= 11 is 1.68. The predicted octanol–water partition coefficient (Wildman–Crippen LogP) is 5.44. The quantitative estimate of drug-likeness (QED) is 0.229. The fraction of sp³-hybridized carbons (Fsp3) is 0.481. The van der Waals surface area contributed by atoms with Crippen molar-refractivity contribution < 1.29 is 4.74 Å². The largest absolute Gasteiger partial charge is 0.463 e. The maximum Gasteiger partial charge on any atom is 0.238 e. The molecule has 1 aromatic carbocycles. The van der Waals surface area contributed by atoms with Gasteiger partial charge < -0.3 is 9.64 Å². The molecule has 9 nitrogen and oxygen atoms in total. The van der Waals surface area contributed by atoms with Crippen molar-refractivity contribution in [3.8, 4) is 5.75 Å². The molecule has 1 atom stereocenters. The van der Waals surface area contributed by atoms with Gasteiger partial charge in [-0.2, -0.15) is 4.68 Å². The van der Waals surface area contributed by atoms with Gasteiger partial charge in [0.15, 0.2) is 0 Å². The molecule has 5 rings (SSSR count). The average molecular weight is 519 g/mol. The number of ether oxygens (including phenoxy) is 1. The Bertz CT molecular complexity index is 1190. The van der Waals surface area contributed by atoms with Gasteiger partial charge in [-0.1, -0.05) is 50.8 Å². The van der Waals surface area contributed by atoms with Crippen LogP contribution in [0.4, 0.5) is 5.95 Å². The fourth-order valence-electron chi connectivity index (χ4n) is 4.65. The molecule has 10 heteroatoms. The smallest absolute Gasteiger partial charge is 0.238 e. The van der Waals surface area contributed by atoms with Crippen molar-refractivity contribution in [2.45, 2.75) is 70.4 Å². The third-order valence-corrected chi connectivity index (χ3v) is 7.80. The maximum absolute atomic E-state index is 6.21. The molecule has 37 heavy (non-hydrogen) atoms. The molecular weight excluding hydrogens is 484 g/mol. The van der Waals surface area contributed by atoms with Gasteiger partial charge in [-0.3, -0.25) is 0 Å². The SMILES string of the molecule is CCCCCCCc1cnc(N2CCC(c3nc(C(Oc4ccccc4)n4cnnn4)cs3)CC2)nc1. The van der Waals surface area contributed by atoms with Crippen LogP contribution in [0, 0.1) is 0 Å². The Hall–Kier alpha value is -3.40. The molecule has 0 amide bonds. The molecule has 1 unspecified atom stereocenters. The Kier molecular flexibility index (Phi) is 8.68. The van der Waals surface area contributed by atoms with Crippen molar-refractivity contribution in [1.82, 2.24) is 35.2 Å². The number of unbranched alkanes of at least 4 members (excludes halogenated alkanes) is 4. The second-order valence-electron chi connectivity index (χ2n) is 9.50. The molecule has 0 spiro atoms. The summed E-state index contributed by atoms with van der Waals surface area (Å²) in [6, 6.07) is 9.68. The molecule has 1 saturated heterocycles. The molecule has 194 valence electrons. The van der Waals surface area contributed by atoms with E-state index in [-0.39, 0.29) is 0 Å². The first-order valence-electron chi connectivity index (χ1n) is 13.3. The summed E-state index contributed by atoms with van der Waals surface area (Å²) in [5.74, 6) is 1.99. The molecule has 0 aliphatic carbocycles. The topological polar surface area (TPSA) is 94.7 Å². The third-order valence-electron chi connectivity index (χ3n) is 6.78. The van der Waals surface area contributed by atoms with Gasteiger partial charge in [0.25, 0.3) is 0 Å². The van der Waals surface area contributed by atoms with E-state index in [4.69, 9.17) is 9.72 Å². The Morgan fingerprint density at radius 3 is 2.54 bits per heavy atom. The molecule has 1 aliphatic rings. The van der Waals surface area contributed by atoms with Crippen molar-refractivity contribution in [3.63, 3.8) is 0 Å². The van der Waals surface area contributed by atoms with Crippen LogP contribution in [0.3, 0.4) is 0 Å². The molecule has 0 saturated carbocycles. The zero-order chi connectivity index (χ0) is 25.3. The van der Waals surface area contributed by atoms with Gasteiger partial charge in [0, 0.05) is 36.8 Å². The zero-order valence-corrected chi connectivity index (χ0v) is 22.1. The van der Waals surface area contributed by atoms with E-state index >= 15 is 0 Å². The number of para-hydroxylation sites is 1. The molecule has 4 aromatic rings. The summed E-state index contributed by atoms with van der Waals surface area (Å²) in [5.41, 5.74) is 2.05. The van der Waals surface area contributed by atoms with E-state index < -0.39 is 6.23 Å². The first kappa shape index (κ1) is 25.3. The Morgan fingerprint density at radius 1 is 1.03 bits per heavy atom. The summed E-state index contributed by atoms with van der Waals surface area (Å²) in [6.45, 7) is 4.10. The zero-order valence-electron chi connectivity index (χ0n) is 21.3. The van der Waals surface area contributed by atoms with E-state index in [9.17, 15) is 0 Å². The van der Waals surface area contributed by atoms with Crippen LogP contribution in [-0.4, -0.2) is 48.2 Å². The molecule has 4 heterocycles. The van der Waals surface area contributed by atoms with E-state index in [1.165, 1.54) is 37.7 Å². The van der Waals surface area contributed by atoms with Gasteiger partial charge in [-0.25, -0.2) is 15.0 Å². The minimum atomic E-state index is -0.513. The lowest BCUT2D eigenvalue weighted by Gasteiger charge is -2.31. The van der Waals surface area contributed by atoms with Gasteiger partial charge in [0.05, 0.1) is 5.01 Å². The van der Waals surface area contributed by atoms with Gasteiger partial charge >= 0.3 is 0 Å². The van der Waals surface area contributed by atoms with Crippen LogP contribution < -0.4 is 9.64 Å². The summed E-state index contributed by atoms with van der Waals surface area (Å²) < 4.78 is 7.81. The molecular formula is C27H34N8OS. The molecule has 1 fully saturated rings. The van der Waals surface area contributed by atoms with Crippen molar-refractivity contribution in [3.05, 3.63) is 70.7 Å². The standard InChI is InChI=1S/C27H34N8OS/c1-2-3-4-5-7-10-21-17-28-27(29-18-21)34-15-13-22(14-16-34)25-31-24(19-37-25)26(35-20-30-32-33-35)36-23-11-8-6-9-12-23/h6,8-9,11-12,17-20,22,26H,2-5,7,10,13-16H2,1H3. The highest BCUT2D eigenvalue weighted by atomic mass is 32.1. The van der Waals surface area contributed by atoms with Gasteiger partial charge in [-0.05, 0) is 53.8 Å². The van der Waals surface area contributed by atoms with Gasteiger partial charge in [0.1, 0.15) is 17.8 Å². The Labute approximate surface area is 221 Å². The van der Waals surface area contributed by atoms with Crippen LogP contribution in [0.25, 0.3) is 0 Å². The van der Waals surface area contributed by atoms with Gasteiger partial charge in [-0.15, -0.1) is 16.4 Å². The van der Waals surface area contributed by atoms with E-state index in [2.05, 4.69) is 42.7 Å². The number of anilines is 1. The summed E-state index contributed by atoms with van der Waals surface area (Å²) in [6.07, 6.45) is 14.6. The lowest BCUT2D eigenvalue weighted by molar-refractivity contribution is 0.152. The first-order valence-corrected chi connectivity index (χ1v) is 14.1. The van der Waals surface area contributed by atoms with Crippen LogP contribution in [0.1, 0.15) is 80.3 Å². The highest BCUT2D eigenvalue weighted by Gasteiger charge is 2.27. The van der Waals surface area contributed by atoms with Crippen LogP contribution in [0.5, 0.6) is 5.75 Å². The van der Waals surface area contributed by atoms with E-state index in [1.807, 2.05) is 42.7 Å². The monoisotopic (exact) mass is 518 g/mol. The van der Waals surface area contributed by atoms with Crippen LogP contribution in [-0.2, 0) is 6.42 Å². The Balaban J connectivity index is 1.17. The summed E-state index contributed by atoms with van der Waals surface area (Å²) in [4.78, 5) is 16.6. The molecule has 0 radical (unpaired) electrons. The lowest BCUT2D eigenvalue weighted by atomic mass is 9.98. The van der Waals surface area contributed by atoms with Crippen LogP contribution >= 0.6 is 11.3 Å². The predicted molar refractivity (Wildman–Crippen MR) is 144 cm³/mol. The second-order valence-corrected chi connectivity index (χ2v) is 10.4. The maximum atomic E-state index is 6.21. The van der Waals surface area contributed by atoms with Crippen molar-refractivity contribution in [1.29, 1.82) is 0 Å². The fourth-order valence-corrected chi connectivity index (χ4v) is 5.65. The Morgan fingerprint density at radius 2 is 1.81 bits per heavy atom. The van der Waals surface area contributed by atoms with E-state index in [0.29, 0.717) is 5.92 Å². The number of piperidine rings is 1. The molecule has 0 bridgehead atoms. The molecule has 3 aromatic heterocycles. The number of aryl methyl sites for hydroxylation is 1. The number of benzene rings is 1. The number of aromatic nitrogens is 7. The number of tetrazole rings is 1. The second kappa shape index (κ2) is 12.7. The average Bonchev–Trinajstić information content (AvgIpc) is 3.66. The number of nitrogens with zero attached hydrogens (tertiary/aromatic N) is 8. The van der Waals surface area contributed by atoms with E-state index in [1.54, 1.807) is 22.3 Å². The van der Waals surface area contributed by atoms with Crippen LogP contribution in [0.2, 0.25) is 0 Å². The van der Waals surface area contributed by atoms with Crippen LogP contribution in [0.15, 0.2) is 54.4 Å². The van der Waals surface area contributed by atoms with Crippen molar-refractivity contribution >= 4 is 17.3 Å². The first-order chi connectivity index (χ1) is 18.3. The van der Waals surface area contributed by atoms with E-state index in [0.717, 1.165) is 54.8 Å².